The van der Waals surface area contributed by atoms with Crippen molar-refractivity contribution in [2.24, 2.45) is 0 Å². The Kier molecular flexibility index (Phi) is 3.14. The van der Waals surface area contributed by atoms with Crippen LogP contribution in [0.3, 0.4) is 0 Å². The Hall–Kier alpha value is -1.19. The van der Waals surface area contributed by atoms with Crippen molar-refractivity contribution < 1.29 is 5.11 Å². The normalized spacial score (nSPS) is 12.7. The average molecular weight is 219 g/mol. The van der Waals surface area contributed by atoms with Crippen molar-refractivity contribution in [2.45, 2.75) is 19.4 Å². The van der Waals surface area contributed by atoms with Crippen LogP contribution in [0.4, 0.5) is 0 Å². The molecular weight excluding hydrogens is 206 g/mol. The van der Waals surface area contributed by atoms with Crippen LogP contribution < -0.4 is 0 Å². The molecule has 0 fully saturated rings. The van der Waals surface area contributed by atoms with Gasteiger partial charge in [0.1, 0.15) is 11.1 Å². The maximum absolute atomic E-state index is 9.35. The van der Waals surface area contributed by atoms with Crippen LogP contribution in [0, 0.1) is 0 Å². The van der Waals surface area contributed by atoms with Crippen LogP contribution in [0.5, 0.6) is 0 Å². The predicted octanol–water partition coefficient (Wildman–Crippen LogP) is 2.79. The summed E-state index contributed by atoms with van der Waals surface area (Å²) in [5, 5.41) is 12.2. The first-order valence-electron chi connectivity index (χ1n) is 4.92. The number of rotatable bonds is 3. The summed E-state index contributed by atoms with van der Waals surface area (Å²) >= 11 is 1.52. The molecule has 1 aromatic carbocycles. The summed E-state index contributed by atoms with van der Waals surface area (Å²) < 4.78 is 0. The van der Waals surface area contributed by atoms with E-state index in [4.69, 9.17) is 0 Å². The van der Waals surface area contributed by atoms with E-state index in [1.807, 2.05) is 23.6 Å². The third-order valence-electron chi connectivity index (χ3n) is 2.15. The number of nitrogens with zero attached hydrogens (tertiary/aromatic N) is 1. The van der Waals surface area contributed by atoms with Gasteiger partial charge in [0.05, 0.1) is 5.69 Å². The Morgan fingerprint density at radius 2 is 2.07 bits per heavy atom. The third-order valence-corrected chi connectivity index (χ3v) is 3.22. The van der Waals surface area contributed by atoms with Gasteiger partial charge in [0.25, 0.3) is 0 Å². The summed E-state index contributed by atoms with van der Waals surface area (Å²) in [4.78, 5) is 4.37. The van der Waals surface area contributed by atoms with Crippen LogP contribution >= 0.6 is 11.3 Å². The molecule has 2 nitrogen and oxygen atoms in total. The Morgan fingerprint density at radius 3 is 2.67 bits per heavy atom. The molecular formula is C12H13NOS. The molecule has 0 saturated carbocycles. The van der Waals surface area contributed by atoms with Gasteiger partial charge < -0.3 is 5.11 Å². The van der Waals surface area contributed by atoms with E-state index in [1.165, 1.54) is 16.9 Å². The van der Waals surface area contributed by atoms with Crippen molar-refractivity contribution in [3.05, 3.63) is 52.0 Å². The quantitative estimate of drug-likeness (QED) is 0.861. The molecule has 2 aromatic rings. The molecule has 0 radical (unpaired) electrons. The largest absolute Gasteiger partial charge is 0.386 e. The number of aromatic nitrogens is 1. The number of aliphatic hydroxyl groups is 1. The highest BCUT2D eigenvalue weighted by atomic mass is 32.1. The number of thiazole rings is 1. The van der Waals surface area contributed by atoms with Gasteiger partial charge in [-0.05, 0) is 12.5 Å². The number of hydrogen-bond donors (Lipinski definition) is 1. The molecule has 1 unspecified atom stereocenters. The fourth-order valence-corrected chi connectivity index (χ4v) is 2.16. The van der Waals surface area contributed by atoms with Crippen LogP contribution in [0.25, 0.3) is 0 Å². The zero-order chi connectivity index (χ0) is 10.7. The zero-order valence-corrected chi connectivity index (χ0v) is 9.37. The lowest BCUT2D eigenvalue weighted by atomic mass is 10.1. The summed E-state index contributed by atoms with van der Waals surface area (Å²) in [6, 6.07) is 10.2. The molecule has 15 heavy (non-hydrogen) atoms. The second-order valence-electron chi connectivity index (χ2n) is 3.52. The Bertz CT molecular complexity index is 422. The summed E-state index contributed by atoms with van der Waals surface area (Å²) in [6.45, 7) is 1.74. The van der Waals surface area contributed by atoms with Gasteiger partial charge in [0, 0.05) is 11.8 Å². The Labute approximate surface area is 93.2 Å². The molecule has 3 heteroatoms. The molecule has 78 valence electrons. The minimum atomic E-state index is -0.459. The minimum Gasteiger partial charge on any atom is -0.386 e. The van der Waals surface area contributed by atoms with Crippen LogP contribution in [0.15, 0.2) is 35.7 Å². The second kappa shape index (κ2) is 4.55. The SMILES string of the molecule is CC(O)c1nc(Cc2ccccc2)cs1. The highest BCUT2D eigenvalue weighted by Gasteiger charge is 2.06. The smallest absolute Gasteiger partial charge is 0.121 e. The van der Waals surface area contributed by atoms with E-state index in [-0.39, 0.29) is 0 Å². The lowest BCUT2D eigenvalue weighted by Crippen LogP contribution is -1.92. The van der Waals surface area contributed by atoms with Crippen molar-refractivity contribution in [3.8, 4) is 0 Å². The van der Waals surface area contributed by atoms with E-state index in [9.17, 15) is 5.11 Å². The molecule has 0 aliphatic rings. The van der Waals surface area contributed by atoms with Gasteiger partial charge in [-0.3, -0.25) is 0 Å². The van der Waals surface area contributed by atoms with Gasteiger partial charge in [0.2, 0.25) is 0 Å². The van der Waals surface area contributed by atoms with Crippen molar-refractivity contribution in [3.63, 3.8) is 0 Å². The summed E-state index contributed by atoms with van der Waals surface area (Å²) in [5.41, 5.74) is 2.28. The highest BCUT2D eigenvalue weighted by Crippen LogP contribution is 2.19. The summed E-state index contributed by atoms with van der Waals surface area (Å²) in [5.74, 6) is 0. The van der Waals surface area contributed by atoms with Crippen LogP contribution in [0.1, 0.15) is 29.3 Å². The van der Waals surface area contributed by atoms with Gasteiger partial charge in [-0.1, -0.05) is 30.3 Å². The molecule has 1 aromatic heterocycles. The van der Waals surface area contributed by atoms with Crippen LogP contribution in [0.2, 0.25) is 0 Å². The van der Waals surface area contributed by atoms with Gasteiger partial charge in [0.15, 0.2) is 0 Å². The van der Waals surface area contributed by atoms with E-state index < -0.39 is 6.10 Å². The van der Waals surface area contributed by atoms with E-state index >= 15 is 0 Å². The predicted molar refractivity (Wildman–Crippen MR) is 62.0 cm³/mol. The average Bonchev–Trinajstić information content (AvgIpc) is 2.68. The maximum Gasteiger partial charge on any atom is 0.121 e. The van der Waals surface area contributed by atoms with Crippen molar-refractivity contribution in [1.29, 1.82) is 0 Å². The van der Waals surface area contributed by atoms with E-state index in [1.54, 1.807) is 6.92 Å². The fraction of sp³-hybridized carbons (Fsp3) is 0.250. The molecule has 1 N–H and O–H groups in total. The molecule has 1 heterocycles. The van der Waals surface area contributed by atoms with E-state index in [0.717, 1.165) is 17.1 Å². The monoisotopic (exact) mass is 219 g/mol. The molecule has 0 spiro atoms. The zero-order valence-electron chi connectivity index (χ0n) is 8.55. The number of benzene rings is 1. The topological polar surface area (TPSA) is 33.1 Å². The molecule has 2 rings (SSSR count). The van der Waals surface area contributed by atoms with Crippen molar-refractivity contribution in [2.75, 3.05) is 0 Å². The maximum atomic E-state index is 9.35. The van der Waals surface area contributed by atoms with Gasteiger partial charge in [-0.15, -0.1) is 11.3 Å². The lowest BCUT2D eigenvalue weighted by Gasteiger charge is -1.98. The standard InChI is InChI=1S/C12H13NOS/c1-9(14)12-13-11(8-15-12)7-10-5-3-2-4-6-10/h2-6,8-9,14H,7H2,1H3. The summed E-state index contributed by atoms with van der Waals surface area (Å²) in [7, 11) is 0. The highest BCUT2D eigenvalue weighted by molar-refractivity contribution is 7.09. The van der Waals surface area contributed by atoms with Gasteiger partial charge in [-0.2, -0.15) is 0 Å². The van der Waals surface area contributed by atoms with Crippen molar-refractivity contribution >= 4 is 11.3 Å². The first kappa shape index (κ1) is 10.3. The van der Waals surface area contributed by atoms with Crippen LogP contribution in [-0.4, -0.2) is 10.1 Å². The molecule has 1 atom stereocenters. The second-order valence-corrected chi connectivity index (χ2v) is 4.41. The lowest BCUT2D eigenvalue weighted by molar-refractivity contribution is 0.198. The fourth-order valence-electron chi connectivity index (χ4n) is 1.40. The Balaban J connectivity index is 2.12. The summed E-state index contributed by atoms with van der Waals surface area (Å²) in [6.07, 6.45) is 0.379. The van der Waals surface area contributed by atoms with E-state index in [0.29, 0.717) is 0 Å². The van der Waals surface area contributed by atoms with Gasteiger partial charge >= 0.3 is 0 Å². The van der Waals surface area contributed by atoms with Gasteiger partial charge in [-0.25, -0.2) is 4.98 Å². The number of hydrogen-bond acceptors (Lipinski definition) is 3. The molecule has 0 aliphatic heterocycles. The first-order chi connectivity index (χ1) is 7.25. The molecule has 0 amide bonds. The van der Waals surface area contributed by atoms with Crippen LogP contribution in [-0.2, 0) is 6.42 Å². The molecule has 0 aliphatic carbocycles. The van der Waals surface area contributed by atoms with E-state index in [2.05, 4.69) is 17.1 Å². The molecule has 0 bridgehead atoms. The minimum absolute atomic E-state index is 0.459. The third kappa shape index (κ3) is 2.64. The Morgan fingerprint density at radius 1 is 1.33 bits per heavy atom. The molecule has 0 saturated heterocycles. The first-order valence-corrected chi connectivity index (χ1v) is 5.80. The van der Waals surface area contributed by atoms with Crippen molar-refractivity contribution in [1.82, 2.24) is 4.98 Å². The number of aliphatic hydroxyl groups excluding tert-OH is 1.